The van der Waals surface area contributed by atoms with Gasteiger partial charge in [0.15, 0.2) is 0 Å². The highest BCUT2D eigenvalue weighted by atomic mass is 35.5. The Bertz CT molecular complexity index is 428. The van der Waals surface area contributed by atoms with Crippen molar-refractivity contribution in [2.24, 2.45) is 0 Å². The molecule has 0 heterocycles. The number of halogens is 2. The minimum absolute atomic E-state index is 0.126. The van der Waals surface area contributed by atoms with Gasteiger partial charge in [-0.05, 0) is 44.1 Å². The second-order valence-electron chi connectivity index (χ2n) is 4.21. The van der Waals surface area contributed by atoms with Crippen LogP contribution < -0.4 is 0 Å². The van der Waals surface area contributed by atoms with Crippen LogP contribution in [-0.4, -0.2) is 24.5 Å². The maximum Gasteiger partial charge on any atom is 0.141 e. The average molecular weight is 268 g/mol. The largest absolute Gasteiger partial charge is 0.292 e. The normalized spacial score (nSPS) is 10.3. The Morgan fingerprint density at radius 3 is 2.44 bits per heavy atom. The van der Waals surface area contributed by atoms with Crippen molar-refractivity contribution in [1.82, 2.24) is 4.90 Å². The lowest BCUT2D eigenvalue weighted by molar-refractivity contribution is 0.308. The maximum atomic E-state index is 13.0. The van der Waals surface area contributed by atoms with Gasteiger partial charge in [0.25, 0.3) is 0 Å². The lowest BCUT2D eigenvalue weighted by Crippen LogP contribution is -2.25. The highest BCUT2D eigenvalue weighted by Gasteiger charge is 2.00. The molecule has 0 fully saturated rings. The standard InChI is InChI=1S/C15H19ClFN/c1-3-9-18(10-4-2)11-5-6-13-7-8-15(17)14(16)12-13/h7-8,12H,3-4,9-11H2,1-2H3. The summed E-state index contributed by atoms with van der Waals surface area (Å²) in [5.41, 5.74) is 0.759. The van der Waals surface area contributed by atoms with Gasteiger partial charge in [-0.3, -0.25) is 4.90 Å². The van der Waals surface area contributed by atoms with Crippen LogP contribution in [0.3, 0.4) is 0 Å². The van der Waals surface area contributed by atoms with Crippen molar-refractivity contribution in [3.05, 3.63) is 34.6 Å². The first-order chi connectivity index (χ1) is 8.67. The van der Waals surface area contributed by atoms with Gasteiger partial charge >= 0.3 is 0 Å². The Labute approximate surface area is 114 Å². The molecule has 0 saturated heterocycles. The molecule has 0 aliphatic rings. The monoisotopic (exact) mass is 267 g/mol. The van der Waals surface area contributed by atoms with E-state index in [1.807, 2.05) is 0 Å². The lowest BCUT2D eigenvalue weighted by atomic mass is 10.2. The summed E-state index contributed by atoms with van der Waals surface area (Å²) < 4.78 is 13.0. The van der Waals surface area contributed by atoms with Crippen LogP contribution in [0, 0.1) is 17.7 Å². The van der Waals surface area contributed by atoms with Gasteiger partial charge in [0.05, 0.1) is 11.6 Å². The van der Waals surface area contributed by atoms with Gasteiger partial charge in [-0.1, -0.05) is 37.3 Å². The molecular formula is C15H19ClFN. The molecule has 98 valence electrons. The zero-order valence-electron chi connectivity index (χ0n) is 11.0. The summed E-state index contributed by atoms with van der Waals surface area (Å²) >= 11 is 5.70. The maximum absolute atomic E-state index is 13.0. The molecule has 0 bridgehead atoms. The van der Waals surface area contributed by atoms with Gasteiger partial charge < -0.3 is 0 Å². The third kappa shape index (κ3) is 5.08. The summed E-state index contributed by atoms with van der Waals surface area (Å²) in [6, 6.07) is 4.56. The second-order valence-corrected chi connectivity index (χ2v) is 4.61. The molecule has 0 atom stereocenters. The van der Waals surface area contributed by atoms with Crippen molar-refractivity contribution in [2.75, 3.05) is 19.6 Å². The van der Waals surface area contributed by atoms with E-state index in [1.54, 1.807) is 12.1 Å². The Morgan fingerprint density at radius 1 is 1.22 bits per heavy atom. The predicted octanol–water partition coefficient (Wildman–Crippen LogP) is 3.95. The molecule has 0 aliphatic carbocycles. The van der Waals surface area contributed by atoms with Crippen LogP contribution in [0.15, 0.2) is 18.2 Å². The fourth-order valence-corrected chi connectivity index (χ4v) is 1.91. The first kappa shape index (κ1) is 15.0. The van der Waals surface area contributed by atoms with Crippen molar-refractivity contribution in [1.29, 1.82) is 0 Å². The van der Waals surface area contributed by atoms with E-state index in [9.17, 15) is 4.39 Å². The van der Waals surface area contributed by atoms with Gasteiger partial charge in [0.2, 0.25) is 0 Å². The van der Waals surface area contributed by atoms with Crippen molar-refractivity contribution in [3.8, 4) is 11.8 Å². The fourth-order valence-electron chi connectivity index (χ4n) is 1.73. The zero-order valence-corrected chi connectivity index (χ0v) is 11.7. The third-order valence-corrected chi connectivity index (χ3v) is 2.82. The van der Waals surface area contributed by atoms with Gasteiger partial charge in [-0.25, -0.2) is 4.39 Å². The Morgan fingerprint density at radius 2 is 1.89 bits per heavy atom. The van der Waals surface area contributed by atoms with E-state index < -0.39 is 5.82 Å². The van der Waals surface area contributed by atoms with Crippen LogP contribution in [0.1, 0.15) is 32.3 Å². The number of rotatable bonds is 5. The minimum atomic E-state index is -0.402. The zero-order chi connectivity index (χ0) is 13.4. The highest BCUT2D eigenvalue weighted by Crippen LogP contribution is 2.15. The summed E-state index contributed by atoms with van der Waals surface area (Å²) in [5, 5.41) is 0.126. The summed E-state index contributed by atoms with van der Waals surface area (Å²) in [6.07, 6.45) is 2.26. The fraction of sp³-hybridized carbons (Fsp3) is 0.467. The van der Waals surface area contributed by atoms with Crippen LogP contribution in [0.5, 0.6) is 0 Å². The Hall–Kier alpha value is -1.04. The SMILES string of the molecule is CCCN(CC#Cc1ccc(F)c(Cl)c1)CCC. The smallest absolute Gasteiger partial charge is 0.141 e. The van der Waals surface area contributed by atoms with E-state index in [2.05, 4.69) is 30.6 Å². The summed E-state index contributed by atoms with van der Waals surface area (Å²) in [7, 11) is 0. The summed E-state index contributed by atoms with van der Waals surface area (Å²) in [5.74, 6) is 5.73. The molecule has 1 rings (SSSR count). The molecule has 3 heteroatoms. The summed E-state index contributed by atoms with van der Waals surface area (Å²) in [4.78, 5) is 2.32. The van der Waals surface area contributed by atoms with Crippen LogP contribution in [0.25, 0.3) is 0 Å². The molecular weight excluding hydrogens is 249 g/mol. The second kappa shape index (κ2) is 8.13. The first-order valence-corrected chi connectivity index (χ1v) is 6.71. The molecule has 1 aromatic carbocycles. The Balaban J connectivity index is 2.60. The quantitative estimate of drug-likeness (QED) is 0.730. The average Bonchev–Trinajstić information content (AvgIpc) is 2.34. The van der Waals surface area contributed by atoms with E-state index in [0.29, 0.717) is 0 Å². The number of benzene rings is 1. The molecule has 0 aliphatic heterocycles. The van der Waals surface area contributed by atoms with Crippen LogP contribution in [0.4, 0.5) is 4.39 Å². The van der Waals surface area contributed by atoms with Crippen molar-refractivity contribution < 1.29 is 4.39 Å². The number of nitrogens with zero attached hydrogens (tertiary/aromatic N) is 1. The lowest BCUT2D eigenvalue weighted by Gasteiger charge is -2.17. The molecule has 1 nitrogen and oxygen atoms in total. The van der Waals surface area contributed by atoms with Crippen molar-refractivity contribution >= 4 is 11.6 Å². The molecule has 0 amide bonds. The molecule has 18 heavy (non-hydrogen) atoms. The topological polar surface area (TPSA) is 3.24 Å². The van der Waals surface area contributed by atoms with E-state index >= 15 is 0 Å². The summed E-state index contributed by atoms with van der Waals surface area (Å²) in [6.45, 7) is 7.20. The van der Waals surface area contributed by atoms with Gasteiger partial charge in [0, 0.05) is 5.56 Å². The van der Waals surface area contributed by atoms with Crippen LogP contribution >= 0.6 is 11.6 Å². The molecule has 0 aromatic heterocycles. The Kier molecular flexibility index (Phi) is 6.78. The van der Waals surface area contributed by atoms with Gasteiger partial charge in [-0.15, -0.1) is 0 Å². The van der Waals surface area contributed by atoms with E-state index in [0.717, 1.165) is 38.0 Å². The van der Waals surface area contributed by atoms with Crippen molar-refractivity contribution in [3.63, 3.8) is 0 Å². The van der Waals surface area contributed by atoms with E-state index in [4.69, 9.17) is 11.6 Å². The van der Waals surface area contributed by atoms with Crippen LogP contribution in [0.2, 0.25) is 5.02 Å². The number of hydrogen-bond donors (Lipinski definition) is 0. The molecule has 0 radical (unpaired) electrons. The van der Waals surface area contributed by atoms with Crippen LogP contribution in [-0.2, 0) is 0 Å². The van der Waals surface area contributed by atoms with E-state index in [1.165, 1.54) is 6.07 Å². The van der Waals surface area contributed by atoms with E-state index in [-0.39, 0.29) is 5.02 Å². The highest BCUT2D eigenvalue weighted by molar-refractivity contribution is 6.30. The first-order valence-electron chi connectivity index (χ1n) is 6.33. The molecule has 0 N–H and O–H groups in total. The van der Waals surface area contributed by atoms with Gasteiger partial charge in [0.1, 0.15) is 5.82 Å². The van der Waals surface area contributed by atoms with Gasteiger partial charge in [-0.2, -0.15) is 0 Å². The predicted molar refractivity (Wildman–Crippen MR) is 75.3 cm³/mol. The molecule has 0 unspecified atom stereocenters. The third-order valence-electron chi connectivity index (χ3n) is 2.53. The molecule has 0 saturated carbocycles. The number of hydrogen-bond acceptors (Lipinski definition) is 1. The minimum Gasteiger partial charge on any atom is -0.292 e. The molecule has 0 spiro atoms. The molecule has 1 aromatic rings. The van der Waals surface area contributed by atoms with Crippen molar-refractivity contribution in [2.45, 2.75) is 26.7 Å².